The molecule has 0 saturated heterocycles. The molecule has 1 aliphatic carbocycles. The number of aryl methyl sites for hydroxylation is 1. The van der Waals surface area contributed by atoms with Crippen LogP contribution in [0.15, 0.2) is 12.3 Å². The smallest absolute Gasteiger partial charge is 0.0664 e. The van der Waals surface area contributed by atoms with Gasteiger partial charge in [0.05, 0.1) is 10.7 Å². The van der Waals surface area contributed by atoms with E-state index in [1.54, 1.807) is 0 Å². The quantitative estimate of drug-likeness (QED) is 0.854. The highest BCUT2D eigenvalue weighted by Gasteiger charge is 2.45. The Morgan fingerprint density at radius 2 is 2.27 bits per heavy atom. The summed E-state index contributed by atoms with van der Waals surface area (Å²) in [7, 11) is 0. The van der Waals surface area contributed by atoms with Gasteiger partial charge >= 0.3 is 0 Å². The van der Waals surface area contributed by atoms with E-state index in [2.05, 4.69) is 11.9 Å². The molecular weight excluding hydrogens is 208 g/mol. The summed E-state index contributed by atoms with van der Waals surface area (Å²) in [6.45, 7) is 2.82. The summed E-state index contributed by atoms with van der Waals surface area (Å²) in [4.78, 5) is 4.49. The monoisotopic (exact) mass is 224 g/mol. The van der Waals surface area contributed by atoms with Crippen LogP contribution in [0.2, 0.25) is 5.02 Å². The van der Waals surface area contributed by atoms with E-state index in [-0.39, 0.29) is 5.41 Å². The molecular formula is C12H17ClN2. The van der Waals surface area contributed by atoms with E-state index in [9.17, 15) is 0 Å². The number of pyridine rings is 1. The van der Waals surface area contributed by atoms with Crippen LogP contribution in [0.4, 0.5) is 0 Å². The van der Waals surface area contributed by atoms with Gasteiger partial charge in [-0.25, -0.2) is 0 Å². The van der Waals surface area contributed by atoms with Crippen LogP contribution in [0.25, 0.3) is 0 Å². The average Bonchev–Trinajstić information content (AvgIpc) is 2.99. The Labute approximate surface area is 95.8 Å². The molecule has 1 saturated carbocycles. The van der Waals surface area contributed by atoms with E-state index in [1.807, 2.05) is 12.3 Å². The molecule has 2 N–H and O–H groups in total. The highest BCUT2D eigenvalue weighted by molar-refractivity contribution is 6.31. The lowest BCUT2D eigenvalue weighted by Gasteiger charge is -2.14. The zero-order valence-corrected chi connectivity index (χ0v) is 9.85. The highest BCUT2D eigenvalue weighted by Crippen LogP contribution is 2.48. The van der Waals surface area contributed by atoms with Gasteiger partial charge in [0.15, 0.2) is 0 Å². The van der Waals surface area contributed by atoms with Gasteiger partial charge in [-0.1, -0.05) is 24.9 Å². The second kappa shape index (κ2) is 4.11. The highest BCUT2D eigenvalue weighted by atomic mass is 35.5. The Bertz CT molecular complexity index is 359. The number of halogens is 1. The SMILES string of the molecule is CCCc1cnc(C2(CN)CC2)c(Cl)c1. The van der Waals surface area contributed by atoms with E-state index < -0.39 is 0 Å². The number of hydrogen-bond donors (Lipinski definition) is 1. The van der Waals surface area contributed by atoms with Crippen LogP contribution in [0.1, 0.15) is 37.4 Å². The van der Waals surface area contributed by atoms with Crippen molar-refractivity contribution in [3.63, 3.8) is 0 Å². The van der Waals surface area contributed by atoms with Crippen LogP contribution in [0.5, 0.6) is 0 Å². The van der Waals surface area contributed by atoms with Crippen LogP contribution in [0, 0.1) is 0 Å². The van der Waals surface area contributed by atoms with E-state index in [0.29, 0.717) is 6.54 Å². The maximum Gasteiger partial charge on any atom is 0.0664 e. The molecule has 82 valence electrons. The molecule has 0 radical (unpaired) electrons. The summed E-state index contributed by atoms with van der Waals surface area (Å²) >= 11 is 6.25. The number of nitrogens with zero attached hydrogens (tertiary/aromatic N) is 1. The molecule has 0 aliphatic heterocycles. The van der Waals surface area contributed by atoms with Crippen LogP contribution in [-0.4, -0.2) is 11.5 Å². The Morgan fingerprint density at radius 3 is 2.73 bits per heavy atom. The van der Waals surface area contributed by atoms with Gasteiger partial charge in [0.25, 0.3) is 0 Å². The lowest BCUT2D eigenvalue weighted by molar-refractivity contribution is 0.677. The molecule has 15 heavy (non-hydrogen) atoms. The van der Waals surface area contributed by atoms with Gasteiger partial charge in [-0.15, -0.1) is 0 Å². The summed E-state index contributed by atoms with van der Waals surface area (Å²) in [5, 5.41) is 0.795. The van der Waals surface area contributed by atoms with Gasteiger partial charge in [-0.05, 0) is 30.9 Å². The zero-order chi connectivity index (χ0) is 10.9. The van der Waals surface area contributed by atoms with Gasteiger partial charge in [0.1, 0.15) is 0 Å². The first-order valence-corrected chi connectivity index (χ1v) is 5.94. The van der Waals surface area contributed by atoms with Crippen molar-refractivity contribution in [3.05, 3.63) is 28.5 Å². The number of rotatable bonds is 4. The fourth-order valence-electron chi connectivity index (χ4n) is 1.98. The first kappa shape index (κ1) is 10.9. The van der Waals surface area contributed by atoms with Crippen molar-refractivity contribution in [2.75, 3.05) is 6.54 Å². The van der Waals surface area contributed by atoms with Gasteiger partial charge in [-0.2, -0.15) is 0 Å². The van der Waals surface area contributed by atoms with Gasteiger partial charge in [-0.3, -0.25) is 4.98 Å². The average molecular weight is 225 g/mol. The molecule has 1 aromatic heterocycles. The predicted molar refractivity (Wildman–Crippen MR) is 63.2 cm³/mol. The number of hydrogen-bond acceptors (Lipinski definition) is 2. The molecule has 0 amide bonds. The van der Waals surface area contributed by atoms with Gasteiger partial charge < -0.3 is 5.73 Å². The number of aromatic nitrogens is 1. The Balaban J connectivity index is 2.27. The van der Waals surface area contributed by atoms with E-state index in [1.165, 1.54) is 5.56 Å². The fraction of sp³-hybridized carbons (Fsp3) is 0.583. The topological polar surface area (TPSA) is 38.9 Å². The molecule has 1 aromatic rings. The van der Waals surface area contributed by atoms with Crippen molar-refractivity contribution < 1.29 is 0 Å². The first-order valence-electron chi connectivity index (χ1n) is 5.57. The fourth-order valence-corrected chi connectivity index (χ4v) is 2.37. The molecule has 0 atom stereocenters. The Kier molecular flexibility index (Phi) is 2.98. The molecule has 2 rings (SSSR count). The summed E-state index contributed by atoms with van der Waals surface area (Å²) in [5.41, 5.74) is 8.09. The molecule has 2 nitrogen and oxygen atoms in total. The molecule has 0 aromatic carbocycles. The first-order chi connectivity index (χ1) is 7.22. The van der Waals surface area contributed by atoms with Gasteiger partial charge in [0.2, 0.25) is 0 Å². The largest absolute Gasteiger partial charge is 0.330 e. The van der Waals surface area contributed by atoms with Crippen LogP contribution >= 0.6 is 11.6 Å². The van der Waals surface area contributed by atoms with Gasteiger partial charge in [0, 0.05) is 18.2 Å². The van der Waals surface area contributed by atoms with E-state index in [0.717, 1.165) is 36.4 Å². The van der Waals surface area contributed by atoms with Crippen molar-refractivity contribution in [2.45, 2.75) is 38.0 Å². The van der Waals surface area contributed by atoms with Crippen molar-refractivity contribution in [3.8, 4) is 0 Å². The molecule has 1 aliphatic rings. The maximum atomic E-state index is 6.25. The minimum Gasteiger partial charge on any atom is -0.330 e. The minimum atomic E-state index is 0.0990. The summed E-state index contributed by atoms with van der Waals surface area (Å²) in [6.07, 6.45) is 6.37. The normalized spacial score (nSPS) is 17.8. The van der Waals surface area contributed by atoms with Crippen molar-refractivity contribution in [2.24, 2.45) is 5.73 Å². The summed E-state index contributed by atoms with van der Waals surface area (Å²) in [5.74, 6) is 0. The second-order valence-electron chi connectivity index (χ2n) is 4.41. The second-order valence-corrected chi connectivity index (χ2v) is 4.82. The van der Waals surface area contributed by atoms with Crippen molar-refractivity contribution >= 4 is 11.6 Å². The minimum absolute atomic E-state index is 0.0990. The molecule has 1 heterocycles. The summed E-state index contributed by atoms with van der Waals surface area (Å²) in [6, 6.07) is 2.04. The third-order valence-corrected chi connectivity index (χ3v) is 3.47. The zero-order valence-electron chi connectivity index (χ0n) is 9.09. The third kappa shape index (κ3) is 2.01. The lowest BCUT2D eigenvalue weighted by Crippen LogP contribution is -2.21. The molecule has 3 heteroatoms. The van der Waals surface area contributed by atoms with Crippen LogP contribution < -0.4 is 5.73 Å². The Hall–Kier alpha value is -0.600. The number of nitrogens with two attached hydrogens (primary N) is 1. The van der Waals surface area contributed by atoms with Crippen LogP contribution in [-0.2, 0) is 11.8 Å². The molecule has 0 spiro atoms. The lowest BCUT2D eigenvalue weighted by atomic mass is 10.0. The molecule has 0 unspecified atom stereocenters. The van der Waals surface area contributed by atoms with Crippen molar-refractivity contribution in [1.29, 1.82) is 0 Å². The van der Waals surface area contributed by atoms with Crippen molar-refractivity contribution in [1.82, 2.24) is 4.98 Å². The Morgan fingerprint density at radius 1 is 1.53 bits per heavy atom. The van der Waals surface area contributed by atoms with Crippen LogP contribution in [0.3, 0.4) is 0 Å². The molecule has 0 bridgehead atoms. The van der Waals surface area contributed by atoms with E-state index in [4.69, 9.17) is 17.3 Å². The third-order valence-electron chi connectivity index (χ3n) is 3.18. The van der Waals surface area contributed by atoms with E-state index >= 15 is 0 Å². The summed E-state index contributed by atoms with van der Waals surface area (Å²) < 4.78 is 0. The predicted octanol–water partition coefficient (Wildman–Crippen LogP) is 2.68. The molecule has 1 fully saturated rings. The maximum absolute atomic E-state index is 6.25. The standard InChI is InChI=1S/C12H17ClN2/c1-2-3-9-6-10(13)11(15-7-9)12(8-14)4-5-12/h6-7H,2-5,8,14H2,1H3.